The van der Waals surface area contributed by atoms with Crippen molar-refractivity contribution >= 4 is 22.0 Å². The number of hydrogen-bond donors (Lipinski definition) is 0. The van der Waals surface area contributed by atoms with E-state index in [1.807, 2.05) is 18.2 Å². The average molecular weight is 296 g/mol. The molecule has 0 N–H and O–H groups in total. The van der Waals surface area contributed by atoms with Crippen molar-refractivity contribution < 1.29 is 9.53 Å². The van der Waals surface area contributed by atoms with Gasteiger partial charge in [0.25, 0.3) is 0 Å². The van der Waals surface area contributed by atoms with Gasteiger partial charge in [0, 0.05) is 0 Å². The van der Waals surface area contributed by atoms with Crippen LogP contribution in [0.15, 0.2) is 27.7 Å². The van der Waals surface area contributed by atoms with Crippen molar-refractivity contribution in [2.45, 2.75) is 25.8 Å². The topological polar surface area (TPSA) is 38.7 Å². The van der Waals surface area contributed by atoms with E-state index in [-0.39, 0.29) is 0 Å². The molecule has 1 saturated carbocycles. The fourth-order valence-electron chi connectivity index (χ4n) is 1.75. The Morgan fingerprint density at radius 2 is 2.29 bits per heavy atom. The van der Waals surface area contributed by atoms with Crippen LogP contribution in [0.4, 0.5) is 0 Å². The second kappa shape index (κ2) is 5.99. The number of benzene rings is 1. The number of hydrogen-bond acceptors (Lipinski definition) is 3. The van der Waals surface area contributed by atoms with Gasteiger partial charge < -0.3 is 4.74 Å². The van der Waals surface area contributed by atoms with Crippen molar-refractivity contribution in [1.82, 2.24) is 0 Å². The van der Waals surface area contributed by atoms with Crippen molar-refractivity contribution in [1.29, 1.82) is 0 Å². The molecule has 1 fully saturated rings. The van der Waals surface area contributed by atoms with Crippen molar-refractivity contribution in [3.05, 3.63) is 28.2 Å². The molecule has 1 aliphatic carbocycles. The third-order valence-electron chi connectivity index (χ3n) is 3.02. The van der Waals surface area contributed by atoms with Crippen molar-refractivity contribution in [2.24, 2.45) is 10.9 Å². The van der Waals surface area contributed by atoms with E-state index in [1.165, 1.54) is 25.3 Å². The monoisotopic (exact) mass is 295 g/mol. The van der Waals surface area contributed by atoms with Gasteiger partial charge in [-0.2, -0.15) is 0 Å². The van der Waals surface area contributed by atoms with Crippen LogP contribution >= 0.6 is 15.9 Å². The molecule has 0 bridgehead atoms. The van der Waals surface area contributed by atoms with Gasteiger partial charge in [0.15, 0.2) is 0 Å². The molecule has 0 aliphatic heterocycles. The first-order valence-electron chi connectivity index (χ1n) is 5.74. The lowest BCUT2D eigenvalue weighted by Gasteiger charge is -2.25. The van der Waals surface area contributed by atoms with Crippen LogP contribution in [-0.2, 0) is 11.3 Å². The van der Waals surface area contributed by atoms with Crippen LogP contribution in [-0.4, -0.2) is 12.7 Å². The number of halogens is 1. The summed E-state index contributed by atoms with van der Waals surface area (Å²) in [5.41, 5.74) is 0.969. The Bertz CT molecular complexity index is 437. The van der Waals surface area contributed by atoms with Gasteiger partial charge in [0.2, 0.25) is 6.08 Å². The Morgan fingerprint density at radius 3 is 2.88 bits per heavy atom. The van der Waals surface area contributed by atoms with E-state index in [9.17, 15) is 4.79 Å². The Kier molecular flexibility index (Phi) is 4.35. The number of nitrogens with zero attached hydrogens (tertiary/aromatic N) is 1. The lowest BCUT2D eigenvalue weighted by molar-refractivity contribution is 0.180. The molecule has 0 aromatic heterocycles. The van der Waals surface area contributed by atoms with E-state index in [0.717, 1.165) is 28.3 Å². The lowest BCUT2D eigenvalue weighted by Crippen LogP contribution is -2.19. The summed E-state index contributed by atoms with van der Waals surface area (Å²) in [7, 11) is 0. The highest BCUT2D eigenvalue weighted by Gasteiger charge is 2.18. The van der Waals surface area contributed by atoms with Gasteiger partial charge in [0.1, 0.15) is 5.75 Å². The summed E-state index contributed by atoms with van der Waals surface area (Å²) in [5.74, 6) is 1.58. The third-order valence-corrected chi connectivity index (χ3v) is 3.64. The summed E-state index contributed by atoms with van der Waals surface area (Å²) in [4.78, 5) is 13.6. The summed E-state index contributed by atoms with van der Waals surface area (Å²) in [6.45, 7) is 1.16. The predicted octanol–water partition coefficient (Wildman–Crippen LogP) is 3.46. The number of isocyanates is 1. The smallest absolute Gasteiger partial charge is 0.235 e. The SMILES string of the molecule is O=C=NCc1ccc(OCC2CCC2)c(Br)c1. The first-order valence-corrected chi connectivity index (χ1v) is 6.54. The zero-order valence-corrected chi connectivity index (χ0v) is 11.1. The summed E-state index contributed by atoms with van der Waals surface area (Å²) in [6, 6.07) is 5.76. The van der Waals surface area contributed by atoms with E-state index >= 15 is 0 Å². The molecular formula is C13H14BrNO2. The van der Waals surface area contributed by atoms with Crippen molar-refractivity contribution in [3.63, 3.8) is 0 Å². The van der Waals surface area contributed by atoms with Crippen LogP contribution in [0.25, 0.3) is 0 Å². The van der Waals surface area contributed by atoms with Gasteiger partial charge in [0.05, 0.1) is 17.6 Å². The summed E-state index contributed by atoms with van der Waals surface area (Å²) in [6.07, 6.45) is 5.43. The van der Waals surface area contributed by atoms with E-state index in [4.69, 9.17) is 4.74 Å². The molecule has 0 spiro atoms. The molecule has 3 nitrogen and oxygen atoms in total. The molecule has 0 heterocycles. The van der Waals surface area contributed by atoms with E-state index in [2.05, 4.69) is 20.9 Å². The lowest BCUT2D eigenvalue weighted by atomic mass is 9.86. The van der Waals surface area contributed by atoms with E-state index in [1.54, 1.807) is 0 Å². The summed E-state index contributed by atoms with van der Waals surface area (Å²) in [5, 5.41) is 0. The third kappa shape index (κ3) is 3.42. The molecule has 0 radical (unpaired) electrons. The van der Waals surface area contributed by atoms with Gasteiger partial charge in [-0.25, -0.2) is 9.79 Å². The fraction of sp³-hybridized carbons (Fsp3) is 0.462. The minimum Gasteiger partial charge on any atom is -0.492 e. The molecule has 1 aliphatic rings. The molecular weight excluding hydrogens is 282 g/mol. The molecule has 2 rings (SSSR count). The molecule has 0 saturated heterocycles. The number of rotatable bonds is 5. The Morgan fingerprint density at radius 1 is 1.47 bits per heavy atom. The van der Waals surface area contributed by atoms with Crippen LogP contribution in [0.3, 0.4) is 0 Å². The van der Waals surface area contributed by atoms with Crippen molar-refractivity contribution in [3.8, 4) is 5.75 Å². The van der Waals surface area contributed by atoms with E-state index in [0.29, 0.717) is 6.54 Å². The largest absolute Gasteiger partial charge is 0.492 e. The fourth-order valence-corrected chi connectivity index (χ4v) is 2.29. The molecule has 1 aromatic carbocycles. The highest BCUT2D eigenvalue weighted by atomic mass is 79.9. The Balaban J connectivity index is 1.95. The summed E-state index contributed by atoms with van der Waals surface area (Å²) >= 11 is 3.46. The zero-order chi connectivity index (χ0) is 12.1. The first-order chi connectivity index (χ1) is 8.29. The van der Waals surface area contributed by atoms with Crippen molar-refractivity contribution in [2.75, 3.05) is 6.61 Å². The van der Waals surface area contributed by atoms with Crippen LogP contribution in [0.2, 0.25) is 0 Å². The normalized spacial score (nSPS) is 14.9. The van der Waals surface area contributed by atoms with Crippen LogP contribution in [0, 0.1) is 5.92 Å². The average Bonchev–Trinajstić information content (AvgIpc) is 2.27. The Labute approximate surface area is 109 Å². The minimum absolute atomic E-state index is 0.366. The molecule has 0 amide bonds. The van der Waals surface area contributed by atoms with Gasteiger partial charge in [-0.05, 0) is 52.4 Å². The maximum atomic E-state index is 10.0. The highest BCUT2D eigenvalue weighted by Crippen LogP contribution is 2.30. The maximum Gasteiger partial charge on any atom is 0.235 e. The van der Waals surface area contributed by atoms with Gasteiger partial charge in [-0.15, -0.1) is 0 Å². The van der Waals surface area contributed by atoms with Gasteiger partial charge >= 0.3 is 0 Å². The van der Waals surface area contributed by atoms with Gasteiger partial charge in [-0.1, -0.05) is 12.5 Å². The molecule has 0 unspecified atom stereocenters. The molecule has 4 heteroatoms. The number of carbonyl (C=O) groups excluding carboxylic acids is 1. The van der Waals surface area contributed by atoms with E-state index < -0.39 is 0 Å². The quantitative estimate of drug-likeness (QED) is 0.616. The number of aliphatic imine (C=N–C) groups is 1. The predicted molar refractivity (Wildman–Crippen MR) is 68.8 cm³/mol. The zero-order valence-electron chi connectivity index (χ0n) is 9.49. The number of ether oxygens (including phenoxy) is 1. The highest BCUT2D eigenvalue weighted by molar-refractivity contribution is 9.10. The molecule has 90 valence electrons. The van der Waals surface area contributed by atoms with Gasteiger partial charge in [-0.3, -0.25) is 0 Å². The van der Waals surface area contributed by atoms with Crippen LogP contribution < -0.4 is 4.74 Å². The maximum absolute atomic E-state index is 10.0. The first kappa shape index (κ1) is 12.3. The Hall–Kier alpha value is -1.12. The molecule has 0 atom stereocenters. The standard InChI is InChI=1S/C13H14BrNO2/c14-12-6-11(7-15-9-16)4-5-13(12)17-8-10-2-1-3-10/h4-6,10H,1-3,7-8H2. The second-order valence-corrected chi connectivity index (χ2v) is 5.13. The van der Waals surface area contributed by atoms with Crippen LogP contribution in [0.5, 0.6) is 5.75 Å². The molecule has 1 aromatic rings. The minimum atomic E-state index is 0.366. The molecule has 17 heavy (non-hydrogen) atoms. The van der Waals surface area contributed by atoms with Crippen LogP contribution in [0.1, 0.15) is 24.8 Å². The second-order valence-electron chi connectivity index (χ2n) is 4.28. The summed E-state index contributed by atoms with van der Waals surface area (Å²) < 4.78 is 6.66.